The first kappa shape index (κ1) is 103. The number of carbonyl (C=O) groups excluding carboxylic acids is 14. The Hall–Kier alpha value is -14.1. The molecule has 5 aromatic carbocycles. The number of carbonyl (C=O) groups is 16. The van der Waals surface area contributed by atoms with Gasteiger partial charge in [-0.05, 0) is 166 Å². The van der Waals surface area contributed by atoms with Crippen LogP contribution in [0.2, 0.25) is 0 Å². The summed E-state index contributed by atoms with van der Waals surface area (Å²) in [6.45, 7) is -0.210. The highest BCUT2D eigenvalue weighted by molar-refractivity contribution is 6.02. The summed E-state index contributed by atoms with van der Waals surface area (Å²) >= 11 is 0. The summed E-state index contributed by atoms with van der Waals surface area (Å²) in [6.07, 6.45) is -4.19. The summed E-state index contributed by atoms with van der Waals surface area (Å²) in [7, 11) is 4.96. The van der Waals surface area contributed by atoms with Crippen molar-refractivity contribution in [2.45, 2.75) is 195 Å². The molecule has 0 radical (unpaired) electrons. The van der Waals surface area contributed by atoms with Crippen LogP contribution >= 0.6 is 0 Å². The van der Waals surface area contributed by atoms with Gasteiger partial charge in [0, 0.05) is 115 Å². The fourth-order valence-electron chi connectivity index (χ4n) is 15.2. The molecule has 1 aliphatic heterocycles. The van der Waals surface area contributed by atoms with E-state index in [1.807, 2.05) is 0 Å². The minimum atomic E-state index is -5.08. The monoisotopic (exact) mass is 1840 g/mol. The number of aliphatic carboxylic acids is 2. The van der Waals surface area contributed by atoms with Crippen molar-refractivity contribution in [1.82, 2.24) is 77.4 Å². The number of aliphatic hydroxyl groups is 1. The SMILES string of the molecule is CC(=O)NCCCC[C@H]1C(=O)N[C@@H](Cc2c[nH]c3ccc(O)cc23)C(=O)N[C@@H](Cc2c[nH]c3ccccc23)C(=O)N[C@@H](C2CC2)C(=O)N(C)[C@H](C(=O)N(C)[C@@H](Cc2ccc(F)cc2)C(=O)N[C@@H](CCCCN)C(N)=O)CNC(=O)CCC[C@H](NC(=O)CC(=O)O)C(=O)N[C@@H](Cc2ccc(O)cc2)C(=O)N[C@@H](CO)C(=O)N(C)[C@@H](CCc2ccccc2)C(=O)N1C.O=C(O)C(F)(F)F. The normalized spacial score (nSPS) is 20.4. The number of nitrogens with two attached hydrogens (primary N) is 2. The number of rotatable bonds is 30. The molecular formula is C90H113F4N17O21. The van der Waals surface area contributed by atoms with Crippen LogP contribution in [0.3, 0.4) is 0 Å². The maximum absolute atomic E-state index is 15.9. The van der Waals surface area contributed by atoms with E-state index in [0.717, 1.165) is 31.7 Å². The first-order valence-corrected chi connectivity index (χ1v) is 42.9. The third-order valence-corrected chi connectivity index (χ3v) is 22.8. The molecule has 14 amide bonds. The number of hydrogen-bond donors (Lipinski definition) is 18. The molecule has 1 aliphatic carbocycles. The van der Waals surface area contributed by atoms with Gasteiger partial charge in [0.15, 0.2) is 0 Å². The molecule has 3 heterocycles. The first-order valence-electron chi connectivity index (χ1n) is 42.9. The zero-order valence-corrected chi connectivity index (χ0v) is 73.4. The molecule has 7 aromatic rings. The molecule has 0 bridgehead atoms. The Bertz CT molecular complexity index is 5230. The Morgan fingerprint density at radius 3 is 1.78 bits per heavy atom. The maximum Gasteiger partial charge on any atom is 0.490 e. The second-order valence-corrected chi connectivity index (χ2v) is 32.6. The number of hydrogen-bond acceptors (Lipinski definition) is 20. The number of phenolic OH excluding ortho intramolecular Hbond substituents is 2. The van der Waals surface area contributed by atoms with Crippen molar-refractivity contribution in [2.24, 2.45) is 17.4 Å². The van der Waals surface area contributed by atoms with Crippen molar-refractivity contribution in [2.75, 3.05) is 54.4 Å². The van der Waals surface area contributed by atoms with E-state index >= 15 is 33.6 Å². The van der Waals surface area contributed by atoms with E-state index in [4.69, 9.17) is 21.4 Å². The van der Waals surface area contributed by atoms with E-state index in [2.05, 4.69) is 57.8 Å². The van der Waals surface area contributed by atoms with E-state index in [1.54, 1.807) is 73.1 Å². The van der Waals surface area contributed by atoms with Gasteiger partial charge >= 0.3 is 18.1 Å². The van der Waals surface area contributed by atoms with Gasteiger partial charge in [0.05, 0.1) is 6.61 Å². The predicted molar refractivity (Wildman–Crippen MR) is 469 cm³/mol. The molecule has 2 fully saturated rings. The van der Waals surface area contributed by atoms with Crippen LogP contribution in [0.25, 0.3) is 21.8 Å². The van der Waals surface area contributed by atoms with Gasteiger partial charge in [-0.3, -0.25) is 71.9 Å². The number of carboxylic acid groups (broad SMARTS) is 2. The molecule has 2 aliphatic rings. The van der Waals surface area contributed by atoms with E-state index < -0.39 is 212 Å². The Labute approximate surface area is 756 Å². The first-order chi connectivity index (χ1) is 62.7. The van der Waals surface area contributed by atoms with E-state index in [-0.39, 0.29) is 94.7 Å². The molecule has 712 valence electrons. The van der Waals surface area contributed by atoms with E-state index in [9.17, 15) is 76.3 Å². The minimum absolute atomic E-state index is 0.0357. The van der Waals surface area contributed by atoms with E-state index in [0.29, 0.717) is 75.3 Å². The van der Waals surface area contributed by atoms with Crippen LogP contribution in [0.15, 0.2) is 134 Å². The van der Waals surface area contributed by atoms with E-state index in [1.165, 1.54) is 83.6 Å². The lowest BCUT2D eigenvalue weighted by atomic mass is 9.99. The standard InChI is InChI=1S/C88H112FN17O19.C2HF3O2/c1-50(108)92-39-14-12-22-70-83(120)100-67(43-56-47-94-63-36-35-59(110)44-61(56)63)81(118)99-68(42-55-46-93-62-19-10-9-18-60(55)62)82(119)102-77(54-29-30-54)88(125)106(5)73(87(124)105(4)72(41-53-24-31-57(89)32-25-53)84(121)97-64(78(91)115)20-11-13-38-90)48-95-74(111)23-15-21-65(96-75(112)45-76(113)114)79(116)98-66(40-52-26-33-58(109)34-27-52)80(117)101-69(49-107)85(122)104(3)71(86(123)103(70)2)37-28-51-16-7-6-8-17-51;3-2(4,5)1(6)7/h6-10,16-19,24-27,31-36,44,46-47,54,64-73,77,93-94,107,109-110H,11-15,20-23,28-30,37-43,45,48-49,90H2,1-5H3,(H2,91,115)(H,92,108)(H,95,111)(H,96,112)(H,97,121)(H,98,116)(H,99,118)(H,100,120)(H,101,117)(H,102,119)(H,113,114);(H,6,7)/t64-,65-,66-,67-,68-,69-,70-,71-,72-,73-,77-;/m0./s1. The smallest absolute Gasteiger partial charge is 0.490 e. The number of likely N-dealkylation sites (N-methyl/N-ethyl adjacent to an activating group) is 4. The highest BCUT2D eigenvalue weighted by Gasteiger charge is 2.46. The summed E-state index contributed by atoms with van der Waals surface area (Å²) in [4.78, 5) is 239. The molecule has 1 saturated heterocycles. The third-order valence-electron chi connectivity index (χ3n) is 22.8. The summed E-state index contributed by atoms with van der Waals surface area (Å²) in [5.74, 6) is -19.3. The average molecular weight is 1840 g/mol. The van der Waals surface area contributed by atoms with Gasteiger partial charge in [-0.15, -0.1) is 0 Å². The van der Waals surface area contributed by atoms with Gasteiger partial charge in [0.25, 0.3) is 0 Å². The number of fused-ring (bicyclic) bond motifs is 2. The number of halogens is 4. The third kappa shape index (κ3) is 30.5. The van der Waals surface area contributed by atoms with Crippen LogP contribution in [-0.4, -0.2) is 277 Å². The molecule has 0 unspecified atom stereocenters. The molecule has 9 rings (SSSR count). The van der Waals surface area contributed by atoms with Crippen molar-refractivity contribution in [3.63, 3.8) is 0 Å². The molecule has 20 N–H and O–H groups in total. The molecule has 38 nitrogen and oxygen atoms in total. The average Bonchev–Trinajstić information content (AvgIpc) is 1.61. The van der Waals surface area contributed by atoms with Gasteiger partial charge in [0.2, 0.25) is 82.7 Å². The molecule has 42 heteroatoms. The Balaban J connectivity index is 0.00000294. The van der Waals surface area contributed by atoms with Gasteiger partial charge in [0.1, 0.15) is 90.2 Å². The maximum atomic E-state index is 15.9. The lowest BCUT2D eigenvalue weighted by molar-refractivity contribution is -0.192. The van der Waals surface area contributed by atoms with Crippen LogP contribution < -0.4 is 59.3 Å². The zero-order valence-electron chi connectivity index (χ0n) is 73.4. The van der Waals surface area contributed by atoms with Crippen molar-refractivity contribution in [3.8, 4) is 11.5 Å². The van der Waals surface area contributed by atoms with Gasteiger partial charge in [-0.25, -0.2) is 9.18 Å². The number of unbranched alkanes of at least 4 members (excludes halogenated alkanes) is 2. The summed E-state index contributed by atoms with van der Waals surface area (Å²) < 4.78 is 46.3. The number of para-hydroxylation sites is 1. The van der Waals surface area contributed by atoms with Crippen LogP contribution in [0, 0.1) is 11.7 Å². The lowest BCUT2D eigenvalue weighted by Crippen LogP contribution is -2.63. The molecule has 2 aromatic heterocycles. The van der Waals surface area contributed by atoms with Gasteiger partial charge in [-0.1, -0.05) is 72.8 Å². The quantitative estimate of drug-likeness (QED) is 0.0172. The van der Waals surface area contributed by atoms with Gasteiger partial charge in [-0.2, -0.15) is 13.2 Å². The highest BCUT2D eigenvalue weighted by Crippen LogP contribution is 2.35. The minimum Gasteiger partial charge on any atom is -0.508 e. The lowest BCUT2D eigenvalue weighted by Gasteiger charge is -2.36. The summed E-state index contributed by atoms with van der Waals surface area (Å²) in [5.41, 5.74) is 14.9. The van der Waals surface area contributed by atoms with Crippen LogP contribution in [0.5, 0.6) is 11.5 Å². The number of phenols is 2. The number of aromatic nitrogens is 2. The number of nitrogens with zero attached hydrogens (tertiary/aromatic N) is 4. The Morgan fingerprint density at radius 2 is 1.17 bits per heavy atom. The molecule has 1 saturated carbocycles. The highest BCUT2D eigenvalue weighted by atomic mass is 19.4. The number of aromatic hydroxyl groups is 2. The summed E-state index contributed by atoms with van der Waals surface area (Å²) in [6, 6.07) is 12.6. The number of nitrogens with one attached hydrogen (secondary N) is 11. The van der Waals surface area contributed by atoms with Crippen LogP contribution in [-0.2, 0) is 109 Å². The van der Waals surface area contributed by atoms with Crippen molar-refractivity contribution in [3.05, 3.63) is 167 Å². The van der Waals surface area contributed by atoms with Gasteiger partial charge < -0.3 is 114 Å². The topological polar surface area (TPSA) is 579 Å². The fraction of sp³-hybridized carbons (Fsp3) is 0.444. The Morgan fingerprint density at radius 1 is 0.606 bits per heavy atom. The number of primary amides is 1. The number of benzene rings is 5. The van der Waals surface area contributed by atoms with Crippen molar-refractivity contribution in [1.29, 1.82) is 0 Å². The largest absolute Gasteiger partial charge is 0.508 e. The number of aromatic amines is 2. The van der Waals surface area contributed by atoms with Crippen molar-refractivity contribution < 1.29 is 120 Å². The Kier molecular flexibility index (Phi) is 38.4. The second kappa shape index (κ2) is 49.1. The number of carboxylic acids is 2. The number of alkyl halides is 3. The number of aliphatic hydroxyl groups excluding tert-OH is 1. The van der Waals surface area contributed by atoms with Crippen LogP contribution in [0.4, 0.5) is 17.6 Å². The second-order valence-electron chi connectivity index (χ2n) is 32.6. The van der Waals surface area contributed by atoms with Crippen LogP contribution in [0.1, 0.15) is 118 Å². The predicted octanol–water partition coefficient (Wildman–Crippen LogP) is 1.54. The number of amides is 14. The zero-order chi connectivity index (χ0) is 96.8. The molecule has 11 atom stereocenters. The number of H-pyrrole nitrogens is 2. The fourth-order valence-corrected chi connectivity index (χ4v) is 15.2. The summed E-state index contributed by atoms with van der Waals surface area (Å²) in [5, 5.41) is 74.2. The number of aryl methyl sites for hydroxylation is 1. The molecular weight excluding hydrogens is 1730 g/mol. The molecule has 132 heavy (non-hydrogen) atoms. The molecule has 0 spiro atoms. The van der Waals surface area contributed by atoms with Crippen molar-refractivity contribution >= 4 is 116 Å².